The van der Waals surface area contributed by atoms with Crippen LogP contribution in [-0.4, -0.2) is 17.0 Å². The van der Waals surface area contributed by atoms with Gasteiger partial charge in [0.15, 0.2) is 0 Å². The summed E-state index contributed by atoms with van der Waals surface area (Å²) >= 11 is 0. The van der Waals surface area contributed by atoms with Crippen LogP contribution in [-0.2, 0) is 9.59 Å². The maximum absolute atomic E-state index is 10.6. The quantitative estimate of drug-likeness (QED) is 0.800. The van der Waals surface area contributed by atoms with E-state index in [4.69, 9.17) is 16.6 Å². The molecule has 0 aliphatic heterocycles. The van der Waals surface area contributed by atoms with Crippen molar-refractivity contribution >= 4 is 11.9 Å². The molecule has 0 unspecified atom stereocenters. The number of carbonyl (C=O) groups is 2. The molecule has 0 heterocycles. The number of carboxylic acid groups (broad SMARTS) is 1. The smallest absolute Gasteiger partial charge is 0.303 e. The van der Waals surface area contributed by atoms with Crippen LogP contribution in [0.1, 0.15) is 51.6 Å². The molecule has 0 radical (unpaired) electrons. The van der Waals surface area contributed by atoms with Gasteiger partial charge in [-0.15, -0.1) is 6.04 Å². The SMILES string of the molecule is CC(C)C[C@H](CC(N)=O)CC(=O)O.C[C@H]([NH-])c1ccccc1. The van der Waals surface area contributed by atoms with Crippen molar-refractivity contribution in [2.45, 2.75) is 46.1 Å². The molecule has 0 aliphatic carbocycles. The van der Waals surface area contributed by atoms with Gasteiger partial charge in [0.2, 0.25) is 5.91 Å². The van der Waals surface area contributed by atoms with E-state index >= 15 is 0 Å². The Morgan fingerprint density at radius 3 is 2.00 bits per heavy atom. The summed E-state index contributed by atoms with van der Waals surface area (Å²) in [6.07, 6.45) is 0.931. The fourth-order valence-electron chi connectivity index (χ4n) is 2.18. The van der Waals surface area contributed by atoms with Crippen LogP contribution in [0.3, 0.4) is 0 Å². The summed E-state index contributed by atoms with van der Waals surface area (Å²) in [6, 6.07) is 9.73. The van der Waals surface area contributed by atoms with E-state index in [1.165, 1.54) is 0 Å². The third-order valence-electron chi connectivity index (χ3n) is 3.06. The van der Waals surface area contributed by atoms with Crippen molar-refractivity contribution in [1.29, 1.82) is 0 Å². The Hall–Kier alpha value is -1.88. The van der Waals surface area contributed by atoms with Crippen LogP contribution < -0.4 is 5.73 Å². The Labute approximate surface area is 132 Å². The van der Waals surface area contributed by atoms with Crippen molar-refractivity contribution in [2.24, 2.45) is 17.6 Å². The number of hydrogen-bond acceptors (Lipinski definition) is 2. The number of carboxylic acids is 1. The lowest BCUT2D eigenvalue weighted by atomic mass is 9.91. The molecule has 0 aliphatic rings. The molecule has 22 heavy (non-hydrogen) atoms. The fourth-order valence-corrected chi connectivity index (χ4v) is 2.18. The predicted octanol–water partition coefficient (Wildman–Crippen LogP) is 3.80. The van der Waals surface area contributed by atoms with Gasteiger partial charge in [0.25, 0.3) is 0 Å². The molecule has 4 N–H and O–H groups in total. The lowest BCUT2D eigenvalue weighted by Gasteiger charge is -2.14. The number of aliphatic carboxylic acids is 1. The number of nitrogens with one attached hydrogen (secondary N) is 1. The first-order valence-corrected chi connectivity index (χ1v) is 7.48. The van der Waals surface area contributed by atoms with Crippen molar-refractivity contribution in [2.75, 3.05) is 0 Å². The van der Waals surface area contributed by atoms with E-state index in [9.17, 15) is 9.59 Å². The normalized spacial score (nSPS) is 13.0. The number of hydrogen-bond donors (Lipinski definition) is 2. The summed E-state index contributed by atoms with van der Waals surface area (Å²) in [7, 11) is 0. The predicted molar refractivity (Wildman–Crippen MR) is 88.2 cm³/mol. The van der Waals surface area contributed by atoms with Crippen LogP contribution in [0.4, 0.5) is 0 Å². The highest BCUT2D eigenvalue weighted by Crippen LogP contribution is 2.18. The van der Waals surface area contributed by atoms with Crippen LogP contribution in [0, 0.1) is 11.8 Å². The zero-order valence-electron chi connectivity index (χ0n) is 13.6. The molecule has 0 bridgehead atoms. The van der Waals surface area contributed by atoms with Crippen LogP contribution in [0.2, 0.25) is 0 Å². The molecular formula is C17H27N2O3-. The second-order valence-electron chi connectivity index (χ2n) is 5.90. The number of amides is 1. The Morgan fingerprint density at radius 1 is 1.14 bits per heavy atom. The molecular weight excluding hydrogens is 280 g/mol. The molecule has 124 valence electrons. The molecule has 0 spiro atoms. The van der Waals surface area contributed by atoms with E-state index < -0.39 is 11.9 Å². The van der Waals surface area contributed by atoms with E-state index in [0.717, 1.165) is 12.0 Å². The van der Waals surface area contributed by atoms with Crippen LogP contribution >= 0.6 is 0 Å². The number of primary amides is 1. The minimum absolute atomic E-state index is 0.0289. The molecule has 2 atom stereocenters. The highest BCUT2D eigenvalue weighted by molar-refractivity contribution is 5.75. The maximum atomic E-state index is 10.6. The molecule has 0 fully saturated rings. The first kappa shape index (κ1) is 20.1. The molecule has 0 saturated carbocycles. The fraction of sp³-hybridized carbons (Fsp3) is 0.529. The van der Waals surface area contributed by atoms with Crippen molar-refractivity contribution in [3.63, 3.8) is 0 Å². The Balaban J connectivity index is 0.000000425. The summed E-state index contributed by atoms with van der Waals surface area (Å²) in [5, 5.41) is 8.56. The number of rotatable bonds is 7. The average molecular weight is 307 g/mol. The van der Waals surface area contributed by atoms with E-state index in [1.807, 2.05) is 51.1 Å². The van der Waals surface area contributed by atoms with Gasteiger partial charge in [-0.2, -0.15) is 0 Å². The second kappa shape index (κ2) is 10.8. The molecule has 1 amide bonds. The van der Waals surface area contributed by atoms with Gasteiger partial charge in [0, 0.05) is 12.8 Å². The minimum atomic E-state index is -0.869. The van der Waals surface area contributed by atoms with E-state index in [2.05, 4.69) is 0 Å². The van der Waals surface area contributed by atoms with Crippen molar-refractivity contribution in [1.82, 2.24) is 0 Å². The maximum Gasteiger partial charge on any atom is 0.303 e. The van der Waals surface area contributed by atoms with Crippen molar-refractivity contribution < 1.29 is 14.7 Å². The summed E-state index contributed by atoms with van der Waals surface area (Å²) in [5.41, 5.74) is 13.4. The van der Waals surface area contributed by atoms with E-state index in [1.54, 1.807) is 0 Å². The average Bonchev–Trinajstić information content (AvgIpc) is 2.38. The Bertz CT molecular complexity index is 428. The molecule has 0 aromatic heterocycles. The largest absolute Gasteiger partial charge is 0.671 e. The number of nitrogens with two attached hydrogens (primary N) is 1. The highest BCUT2D eigenvalue weighted by atomic mass is 16.4. The number of benzene rings is 1. The zero-order valence-corrected chi connectivity index (χ0v) is 13.6. The second-order valence-corrected chi connectivity index (χ2v) is 5.90. The molecule has 1 aromatic carbocycles. The molecule has 5 heteroatoms. The van der Waals surface area contributed by atoms with Gasteiger partial charge in [-0.3, -0.25) is 9.59 Å². The van der Waals surface area contributed by atoms with Crippen molar-refractivity contribution in [3.05, 3.63) is 41.6 Å². The summed E-state index contributed by atoms with van der Waals surface area (Å²) in [5.74, 6) is -1.02. The molecule has 0 saturated heterocycles. The van der Waals surface area contributed by atoms with Gasteiger partial charge in [-0.1, -0.05) is 56.7 Å². The molecule has 1 aromatic rings. The van der Waals surface area contributed by atoms with Gasteiger partial charge < -0.3 is 16.6 Å². The summed E-state index contributed by atoms with van der Waals surface area (Å²) < 4.78 is 0. The molecule has 1 rings (SSSR count). The van der Waals surface area contributed by atoms with Crippen LogP contribution in [0.25, 0.3) is 5.73 Å². The van der Waals surface area contributed by atoms with Crippen LogP contribution in [0.5, 0.6) is 0 Å². The first-order valence-electron chi connectivity index (χ1n) is 7.48. The van der Waals surface area contributed by atoms with Gasteiger partial charge in [-0.25, -0.2) is 0 Å². The standard InChI is InChI=1S/C9H17NO3.C8H10N/c1-6(2)3-7(4-8(10)11)5-9(12)13;1-7(9)8-5-3-2-4-6-8/h6-7H,3-5H2,1-2H3,(H2,10,11)(H,12,13);2-7,9H,1H3/q;-1/t2*7-/m10/s1. The van der Waals surface area contributed by atoms with Crippen molar-refractivity contribution in [3.8, 4) is 0 Å². The highest BCUT2D eigenvalue weighted by Gasteiger charge is 2.16. The van der Waals surface area contributed by atoms with E-state index in [-0.39, 0.29) is 24.8 Å². The van der Waals surface area contributed by atoms with E-state index in [0.29, 0.717) is 5.92 Å². The lowest BCUT2D eigenvalue weighted by molar-refractivity contribution is -0.138. The van der Waals surface area contributed by atoms with Crippen LogP contribution in [0.15, 0.2) is 30.3 Å². The topological polar surface area (TPSA) is 104 Å². The van der Waals surface area contributed by atoms with Gasteiger partial charge in [0.1, 0.15) is 0 Å². The summed E-state index contributed by atoms with van der Waals surface area (Å²) in [4.78, 5) is 21.0. The van der Waals surface area contributed by atoms with Gasteiger partial charge in [0.05, 0.1) is 0 Å². The summed E-state index contributed by atoms with van der Waals surface area (Å²) in [6.45, 7) is 5.86. The third-order valence-corrected chi connectivity index (χ3v) is 3.06. The monoisotopic (exact) mass is 307 g/mol. The van der Waals surface area contributed by atoms with Gasteiger partial charge in [-0.05, 0) is 18.3 Å². The lowest BCUT2D eigenvalue weighted by Crippen LogP contribution is -2.19. The number of carbonyl (C=O) groups excluding carboxylic acids is 1. The van der Waals surface area contributed by atoms with Gasteiger partial charge >= 0.3 is 5.97 Å². The minimum Gasteiger partial charge on any atom is -0.671 e. The first-order chi connectivity index (χ1) is 10.2. The molecule has 5 nitrogen and oxygen atoms in total. The Morgan fingerprint density at radius 2 is 1.68 bits per heavy atom. The zero-order chi connectivity index (χ0) is 17.1. The Kier molecular flexibility index (Phi) is 9.87. The third kappa shape index (κ3) is 10.9.